The van der Waals surface area contributed by atoms with Gasteiger partial charge in [-0.3, -0.25) is 14.4 Å². The number of esters is 1. The number of amides is 3. The van der Waals surface area contributed by atoms with Crippen molar-refractivity contribution in [3.05, 3.63) is 35.9 Å². The molecule has 0 aromatic heterocycles. The van der Waals surface area contributed by atoms with Gasteiger partial charge in [0.25, 0.3) is 0 Å². The van der Waals surface area contributed by atoms with Gasteiger partial charge in [0.15, 0.2) is 0 Å². The SMILES string of the molecule is CC(=O)CCCNC(=O)[C@H](NC(=O)OCc1ccccc1)[C@H](C)C(=O)NCCCC(=O)OC(C)(C)C. The lowest BCUT2D eigenvalue weighted by atomic mass is 10.00. The Balaban J connectivity index is 2.67. The standard InChI is InChI=1S/C26H39N3O7/c1-18(30)11-9-15-28-24(33)22(29-25(34)35-17-20-12-7-6-8-13-20)19(2)23(32)27-16-10-14-21(31)36-26(3,4)5/h6-8,12-13,19,22H,9-11,14-17H2,1-5H3,(H,27,32)(H,28,33)(H,29,34)/t19-,22+/m0/s1. The summed E-state index contributed by atoms with van der Waals surface area (Å²) in [6.45, 7) is 8.73. The summed E-state index contributed by atoms with van der Waals surface area (Å²) < 4.78 is 10.4. The summed E-state index contributed by atoms with van der Waals surface area (Å²) in [5.74, 6) is -2.32. The summed E-state index contributed by atoms with van der Waals surface area (Å²) in [6.07, 6.45) is 0.410. The topological polar surface area (TPSA) is 140 Å². The first-order valence-corrected chi connectivity index (χ1v) is 12.1. The van der Waals surface area contributed by atoms with Gasteiger partial charge in [-0.1, -0.05) is 37.3 Å². The minimum Gasteiger partial charge on any atom is -0.460 e. The minimum absolute atomic E-state index is 0.00235. The number of alkyl carbamates (subject to hydrolysis) is 1. The molecule has 0 fully saturated rings. The average molecular weight is 506 g/mol. The van der Waals surface area contributed by atoms with Crippen LogP contribution in [-0.2, 0) is 35.3 Å². The number of carbonyl (C=O) groups is 5. The van der Waals surface area contributed by atoms with Crippen molar-refractivity contribution in [3.8, 4) is 0 Å². The number of nitrogens with one attached hydrogen (secondary N) is 3. The van der Waals surface area contributed by atoms with Gasteiger partial charge in [0.2, 0.25) is 11.8 Å². The number of hydrogen-bond donors (Lipinski definition) is 3. The highest BCUT2D eigenvalue weighted by atomic mass is 16.6. The van der Waals surface area contributed by atoms with Crippen molar-refractivity contribution in [3.63, 3.8) is 0 Å². The van der Waals surface area contributed by atoms with Crippen LogP contribution in [0.3, 0.4) is 0 Å². The van der Waals surface area contributed by atoms with Gasteiger partial charge in [-0.15, -0.1) is 0 Å². The Labute approximate surface area is 212 Å². The molecule has 0 radical (unpaired) electrons. The van der Waals surface area contributed by atoms with Crippen LogP contribution in [0, 0.1) is 5.92 Å². The second-order valence-electron chi connectivity index (χ2n) is 9.55. The van der Waals surface area contributed by atoms with Gasteiger partial charge < -0.3 is 30.2 Å². The van der Waals surface area contributed by atoms with Crippen molar-refractivity contribution >= 4 is 29.7 Å². The summed E-state index contributed by atoms with van der Waals surface area (Å²) >= 11 is 0. The minimum atomic E-state index is -1.20. The number of ether oxygens (including phenoxy) is 2. The summed E-state index contributed by atoms with van der Waals surface area (Å²) in [7, 11) is 0. The largest absolute Gasteiger partial charge is 0.460 e. The molecule has 10 heteroatoms. The van der Waals surface area contributed by atoms with Gasteiger partial charge in [0, 0.05) is 25.9 Å². The highest BCUT2D eigenvalue weighted by Gasteiger charge is 2.32. The first kappa shape index (κ1) is 30.6. The molecule has 200 valence electrons. The smallest absolute Gasteiger partial charge is 0.408 e. The molecule has 0 aliphatic carbocycles. The maximum Gasteiger partial charge on any atom is 0.408 e. The summed E-state index contributed by atoms with van der Waals surface area (Å²) in [6, 6.07) is 7.84. The molecule has 1 rings (SSSR count). The van der Waals surface area contributed by atoms with Crippen molar-refractivity contribution in [2.45, 2.75) is 78.6 Å². The Morgan fingerprint density at radius 3 is 2.06 bits per heavy atom. The Morgan fingerprint density at radius 2 is 1.47 bits per heavy atom. The van der Waals surface area contributed by atoms with E-state index in [1.807, 2.05) is 18.2 Å². The van der Waals surface area contributed by atoms with Crippen LogP contribution < -0.4 is 16.0 Å². The van der Waals surface area contributed by atoms with Crippen LogP contribution in [0.5, 0.6) is 0 Å². The third-order valence-corrected chi connectivity index (χ3v) is 4.96. The zero-order valence-electron chi connectivity index (χ0n) is 21.8. The molecular formula is C26H39N3O7. The van der Waals surface area contributed by atoms with Crippen molar-refractivity contribution < 1.29 is 33.4 Å². The van der Waals surface area contributed by atoms with Crippen LogP contribution in [0.4, 0.5) is 4.79 Å². The maximum atomic E-state index is 12.8. The number of ketones is 1. The molecule has 0 saturated heterocycles. The molecule has 0 spiro atoms. The first-order chi connectivity index (χ1) is 16.9. The molecule has 0 unspecified atom stereocenters. The fraction of sp³-hybridized carbons (Fsp3) is 0.577. The molecule has 3 amide bonds. The molecule has 3 N–H and O–H groups in total. The van der Waals surface area contributed by atoms with E-state index in [4.69, 9.17) is 9.47 Å². The molecule has 1 aromatic rings. The number of rotatable bonds is 14. The normalized spacial score (nSPS) is 12.6. The molecule has 0 aliphatic heterocycles. The Kier molecular flexibility index (Phi) is 13.2. The predicted octanol–water partition coefficient (Wildman–Crippen LogP) is 2.64. The van der Waals surface area contributed by atoms with E-state index in [1.54, 1.807) is 32.9 Å². The molecule has 0 heterocycles. The van der Waals surface area contributed by atoms with Crippen LogP contribution in [0.15, 0.2) is 30.3 Å². The Hall–Kier alpha value is -3.43. The summed E-state index contributed by atoms with van der Waals surface area (Å²) in [4.78, 5) is 60.8. The first-order valence-electron chi connectivity index (χ1n) is 12.1. The van der Waals surface area contributed by atoms with Gasteiger partial charge in [-0.05, 0) is 46.1 Å². The molecule has 0 aliphatic rings. The van der Waals surface area contributed by atoms with Gasteiger partial charge in [0.1, 0.15) is 24.0 Å². The lowest BCUT2D eigenvalue weighted by molar-refractivity contribution is -0.155. The molecule has 0 bridgehead atoms. The predicted molar refractivity (Wildman–Crippen MR) is 134 cm³/mol. The van der Waals surface area contributed by atoms with Gasteiger partial charge in [0.05, 0.1) is 5.92 Å². The highest BCUT2D eigenvalue weighted by Crippen LogP contribution is 2.10. The van der Waals surface area contributed by atoms with Crippen molar-refractivity contribution in [2.75, 3.05) is 13.1 Å². The number of benzene rings is 1. The Bertz CT molecular complexity index is 881. The van der Waals surface area contributed by atoms with E-state index in [1.165, 1.54) is 13.8 Å². The van der Waals surface area contributed by atoms with Crippen LogP contribution in [0.25, 0.3) is 0 Å². The third kappa shape index (κ3) is 13.5. The zero-order chi connectivity index (χ0) is 27.1. The summed E-state index contributed by atoms with van der Waals surface area (Å²) in [5, 5.41) is 7.82. The third-order valence-electron chi connectivity index (χ3n) is 4.96. The zero-order valence-corrected chi connectivity index (χ0v) is 21.8. The molecular weight excluding hydrogens is 466 g/mol. The maximum absolute atomic E-state index is 12.8. The van der Waals surface area contributed by atoms with E-state index < -0.39 is 35.5 Å². The molecule has 2 atom stereocenters. The lowest BCUT2D eigenvalue weighted by Crippen LogP contribution is -2.54. The molecule has 1 aromatic carbocycles. The van der Waals surface area contributed by atoms with Crippen LogP contribution in [0.1, 0.15) is 65.9 Å². The van der Waals surface area contributed by atoms with E-state index >= 15 is 0 Å². The van der Waals surface area contributed by atoms with Crippen LogP contribution >= 0.6 is 0 Å². The summed E-state index contributed by atoms with van der Waals surface area (Å²) in [5.41, 5.74) is 0.189. The number of Topliss-reactive ketones (excluding diaryl/α,β-unsaturated/α-hetero) is 1. The Morgan fingerprint density at radius 1 is 0.889 bits per heavy atom. The van der Waals surface area contributed by atoms with E-state index in [2.05, 4.69) is 16.0 Å². The average Bonchev–Trinajstić information content (AvgIpc) is 2.80. The fourth-order valence-corrected chi connectivity index (χ4v) is 3.12. The van der Waals surface area contributed by atoms with E-state index in [-0.39, 0.29) is 37.9 Å². The second kappa shape index (κ2) is 15.5. The van der Waals surface area contributed by atoms with Crippen molar-refractivity contribution in [2.24, 2.45) is 5.92 Å². The fourth-order valence-electron chi connectivity index (χ4n) is 3.12. The second-order valence-corrected chi connectivity index (χ2v) is 9.55. The molecule has 10 nitrogen and oxygen atoms in total. The van der Waals surface area contributed by atoms with E-state index in [0.29, 0.717) is 19.3 Å². The highest BCUT2D eigenvalue weighted by molar-refractivity contribution is 5.92. The van der Waals surface area contributed by atoms with Crippen molar-refractivity contribution in [1.29, 1.82) is 0 Å². The van der Waals surface area contributed by atoms with Crippen LogP contribution in [-0.4, -0.2) is 54.4 Å². The molecule has 36 heavy (non-hydrogen) atoms. The number of carbonyl (C=O) groups excluding carboxylic acids is 5. The van der Waals surface area contributed by atoms with Crippen LogP contribution in [0.2, 0.25) is 0 Å². The van der Waals surface area contributed by atoms with Gasteiger partial charge >= 0.3 is 12.1 Å². The van der Waals surface area contributed by atoms with Gasteiger partial charge in [-0.2, -0.15) is 0 Å². The molecule has 0 saturated carbocycles. The monoisotopic (exact) mass is 505 g/mol. The van der Waals surface area contributed by atoms with Crippen molar-refractivity contribution in [1.82, 2.24) is 16.0 Å². The number of hydrogen-bond acceptors (Lipinski definition) is 7. The lowest BCUT2D eigenvalue weighted by Gasteiger charge is -2.24. The van der Waals surface area contributed by atoms with E-state index in [9.17, 15) is 24.0 Å². The quantitative estimate of drug-likeness (QED) is 0.261. The van der Waals surface area contributed by atoms with Gasteiger partial charge in [-0.25, -0.2) is 4.79 Å². The van der Waals surface area contributed by atoms with E-state index in [0.717, 1.165) is 5.56 Å².